The third-order valence-corrected chi connectivity index (χ3v) is 8.03. The van der Waals surface area contributed by atoms with E-state index in [1.54, 1.807) is 18.0 Å². The minimum absolute atomic E-state index is 0.00480. The number of ether oxygens (including phenoxy) is 1. The fraction of sp³-hybridized carbons (Fsp3) is 0.429. The summed E-state index contributed by atoms with van der Waals surface area (Å²) in [5.41, 5.74) is 5.93. The van der Waals surface area contributed by atoms with Crippen LogP contribution >= 0.6 is 11.6 Å². The molecule has 2 saturated heterocycles. The quantitative estimate of drug-likeness (QED) is 0.410. The molecule has 1 aromatic heterocycles. The van der Waals surface area contributed by atoms with Crippen molar-refractivity contribution in [3.05, 3.63) is 47.0 Å². The van der Waals surface area contributed by atoms with Crippen molar-refractivity contribution in [2.75, 3.05) is 50.6 Å². The summed E-state index contributed by atoms with van der Waals surface area (Å²) < 4.78 is 34.4. The lowest BCUT2D eigenvalue weighted by Crippen LogP contribution is -2.52. The van der Waals surface area contributed by atoms with E-state index in [1.807, 2.05) is 9.80 Å². The van der Waals surface area contributed by atoms with Crippen LogP contribution in [0.15, 0.2) is 30.3 Å². The Kier molecular flexibility index (Phi) is 8.41. The number of anilines is 3. The number of likely N-dealkylation sites (N-methyl/N-ethyl adjacent to an activating group) is 1. The van der Waals surface area contributed by atoms with Gasteiger partial charge in [0.1, 0.15) is 11.6 Å². The van der Waals surface area contributed by atoms with Crippen molar-refractivity contribution in [1.29, 1.82) is 0 Å². The van der Waals surface area contributed by atoms with E-state index in [1.165, 1.54) is 31.4 Å². The summed E-state index contributed by atoms with van der Waals surface area (Å²) in [7, 11) is 3.18. The van der Waals surface area contributed by atoms with Crippen LogP contribution in [-0.2, 0) is 9.59 Å². The van der Waals surface area contributed by atoms with E-state index in [0.29, 0.717) is 55.7 Å². The lowest BCUT2D eigenvalue weighted by Gasteiger charge is -2.38. The van der Waals surface area contributed by atoms with Crippen LogP contribution in [0.4, 0.5) is 26.2 Å². The molecule has 2 fully saturated rings. The molecule has 41 heavy (non-hydrogen) atoms. The Morgan fingerprint density at radius 1 is 1.12 bits per heavy atom. The number of rotatable bonds is 8. The average Bonchev–Trinajstić information content (AvgIpc) is 3.41. The molecule has 0 saturated carbocycles. The summed E-state index contributed by atoms with van der Waals surface area (Å²) >= 11 is 5.90. The van der Waals surface area contributed by atoms with Crippen LogP contribution in [0.25, 0.3) is 10.9 Å². The average molecular weight is 588 g/mol. The molecular weight excluding hydrogens is 556 g/mol. The van der Waals surface area contributed by atoms with Crippen molar-refractivity contribution in [1.82, 2.24) is 19.8 Å². The molecule has 2 amide bonds. The number of nitrogens with zero attached hydrogens (tertiary/aromatic N) is 5. The van der Waals surface area contributed by atoms with E-state index in [2.05, 4.69) is 15.3 Å². The predicted octanol–water partition coefficient (Wildman–Crippen LogP) is 3.69. The number of benzene rings is 2. The van der Waals surface area contributed by atoms with Crippen molar-refractivity contribution in [2.45, 2.75) is 37.8 Å². The Morgan fingerprint density at radius 2 is 1.88 bits per heavy atom. The van der Waals surface area contributed by atoms with Crippen LogP contribution in [0, 0.1) is 11.6 Å². The number of carbonyl (C=O) groups excluding carboxylic acids is 2. The minimum atomic E-state index is -0.596. The van der Waals surface area contributed by atoms with Crippen molar-refractivity contribution in [2.24, 2.45) is 5.73 Å². The van der Waals surface area contributed by atoms with E-state index < -0.39 is 17.5 Å². The number of amides is 2. The number of methoxy groups -OCH3 is 1. The molecule has 3 aromatic rings. The van der Waals surface area contributed by atoms with Gasteiger partial charge in [0.05, 0.1) is 30.9 Å². The Morgan fingerprint density at radius 3 is 2.56 bits per heavy atom. The highest BCUT2D eigenvalue weighted by Crippen LogP contribution is 2.33. The molecule has 1 unspecified atom stereocenters. The van der Waals surface area contributed by atoms with E-state index in [0.717, 1.165) is 6.42 Å². The van der Waals surface area contributed by atoms with Crippen LogP contribution in [0.5, 0.6) is 5.75 Å². The number of halogens is 3. The van der Waals surface area contributed by atoms with Gasteiger partial charge >= 0.3 is 0 Å². The maximum absolute atomic E-state index is 14.6. The standard InChI is InChI=1S/C28H32ClF2N7O3/c1-36(27(40)23-4-3-9-38(23)15-25(32)39)17-7-10-37(11-8-17)28-34-22-14-24(41-2)20(31)13-18(22)26(35-28)33-21-6-5-16(29)12-19(21)30/h5-6,12-14,17,23H,3-4,7-11,15H2,1-2H3,(H2,32,39)(H,33,34,35). The number of primary amides is 1. The summed E-state index contributed by atoms with van der Waals surface area (Å²) in [5.74, 6) is -0.969. The summed E-state index contributed by atoms with van der Waals surface area (Å²) in [4.78, 5) is 39.7. The van der Waals surface area contributed by atoms with Gasteiger partial charge < -0.3 is 25.6 Å². The van der Waals surface area contributed by atoms with Gasteiger partial charge in [0.2, 0.25) is 17.8 Å². The molecule has 0 aliphatic carbocycles. The van der Waals surface area contributed by atoms with Gasteiger partial charge in [-0.05, 0) is 56.5 Å². The largest absolute Gasteiger partial charge is 0.494 e. The molecule has 3 heterocycles. The molecule has 0 spiro atoms. The van der Waals surface area contributed by atoms with Gasteiger partial charge in [-0.15, -0.1) is 0 Å². The van der Waals surface area contributed by atoms with Crippen LogP contribution in [0.3, 0.4) is 0 Å². The molecule has 2 aliphatic rings. The monoisotopic (exact) mass is 587 g/mol. The van der Waals surface area contributed by atoms with E-state index in [9.17, 15) is 18.4 Å². The Bertz CT molecular complexity index is 1470. The first kappa shape index (κ1) is 28.7. The molecule has 2 aromatic carbocycles. The first-order valence-corrected chi connectivity index (χ1v) is 13.8. The molecule has 3 N–H and O–H groups in total. The van der Waals surface area contributed by atoms with E-state index in [-0.39, 0.29) is 46.8 Å². The van der Waals surface area contributed by atoms with Gasteiger partial charge in [-0.1, -0.05) is 11.6 Å². The third-order valence-electron chi connectivity index (χ3n) is 7.79. The molecular formula is C28H32ClF2N7O3. The Balaban J connectivity index is 1.36. The molecule has 10 nitrogen and oxygen atoms in total. The normalized spacial score (nSPS) is 18.1. The maximum atomic E-state index is 14.6. The summed E-state index contributed by atoms with van der Waals surface area (Å²) in [6.45, 7) is 1.88. The fourth-order valence-corrected chi connectivity index (χ4v) is 5.75. The van der Waals surface area contributed by atoms with E-state index >= 15 is 0 Å². The van der Waals surface area contributed by atoms with Gasteiger partial charge in [0.25, 0.3) is 0 Å². The minimum Gasteiger partial charge on any atom is -0.494 e. The number of hydrogen-bond acceptors (Lipinski definition) is 8. The number of piperidine rings is 1. The van der Waals surface area contributed by atoms with Crippen LogP contribution in [-0.4, -0.2) is 84.0 Å². The molecule has 218 valence electrons. The number of hydrogen-bond donors (Lipinski definition) is 2. The molecule has 1 atom stereocenters. The van der Waals surface area contributed by atoms with Crippen LogP contribution in [0.2, 0.25) is 5.02 Å². The number of nitrogens with two attached hydrogens (primary N) is 1. The zero-order chi connectivity index (χ0) is 29.3. The number of likely N-dealkylation sites (tertiary alicyclic amines) is 1. The summed E-state index contributed by atoms with van der Waals surface area (Å²) in [5, 5.41) is 3.58. The topological polar surface area (TPSA) is 117 Å². The van der Waals surface area contributed by atoms with Gasteiger partial charge in [0, 0.05) is 42.7 Å². The van der Waals surface area contributed by atoms with Crippen molar-refractivity contribution in [3.63, 3.8) is 0 Å². The number of fused-ring (bicyclic) bond motifs is 1. The number of aromatic nitrogens is 2. The highest BCUT2D eigenvalue weighted by molar-refractivity contribution is 6.30. The Labute approximate surface area is 241 Å². The molecule has 0 radical (unpaired) electrons. The van der Waals surface area contributed by atoms with Gasteiger partial charge in [-0.25, -0.2) is 13.8 Å². The van der Waals surface area contributed by atoms with Crippen LogP contribution < -0.4 is 20.7 Å². The first-order chi connectivity index (χ1) is 19.6. The van der Waals surface area contributed by atoms with Crippen LogP contribution in [0.1, 0.15) is 25.7 Å². The SMILES string of the molecule is COc1cc2nc(N3CCC(N(C)C(=O)C4CCCN4CC(N)=O)CC3)nc(Nc3ccc(Cl)cc3F)c2cc1F. The summed E-state index contributed by atoms with van der Waals surface area (Å²) in [6, 6.07) is 6.61. The van der Waals surface area contributed by atoms with Gasteiger partial charge in [-0.3, -0.25) is 14.5 Å². The van der Waals surface area contributed by atoms with E-state index in [4.69, 9.17) is 22.1 Å². The zero-order valence-electron chi connectivity index (χ0n) is 22.9. The predicted molar refractivity (Wildman–Crippen MR) is 153 cm³/mol. The molecule has 2 aliphatic heterocycles. The maximum Gasteiger partial charge on any atom is 0.239 e. The first-order valence-electron chi connectivity index (χ1n) is 13.5. The Hall–Kier alpha value is -3.77. The van der Waals surface area contributed by atoms with Crippen molar-refractivity contribution >= 4 is 51.8 Å². The lowest BCUT2D eigenvalue weighted by molar-refractivity contribution is -0.137. The molecule has 5 rings (SSSR count). The second kappa shape index (κ2) is 12.0. The lowest BCUT2D eigenvalue weighted by atomic mass is 10.0. The van der Waals surface area contributed by atoms with Crippen molar-refractivity contribution < 1.29 is 23.1 Å². The second-order valence-electron chi connectivity index (χ2n) is 10.4. The molecule has 0 bridgehead atoms. The van der Waals surface area contributed by atoms with Gasteiger partial charge in [-0.2, -0.15) is 4.98 Å². The second-order valence-corrected chi connectivity index (χ2v) is 10.8. The fourth-order valence-electron chi connectivity index (χ4n) is 5.59. The highest BCUT2D eigenvalue weighted by atomic mass is 35.5. The number of carbonyl (C=O) groups is 2. The smallest absolute Gasteiger partial charge is 0.239 e. The van der Waals surface area contributed by atoms with Crippen molar-refractivity contribution in [3.8, 4) is 5.75 Å². The van der Waals surface area contributed by atoms with Gasteiger partial charge in [0.15, 0.2) is 11.6 Å². The molecule has 13 heteroatoms. The third kappa shape index (κ3) is 6.13. The number of nitrogens with one attached hydrogen (secondary N) is 1. The summed E-state index contributed by atoms with van der Waals surface area (Å²) in [6.07, 6.45) is 2.90. The zero-order valence-corrected chi connectivity index (χ0v) is 23.6. The highest BCUT2D eigenvalue weighted by Gasteiger charge is 2.36.